The number of esters is 1. The molecule has 1 atom stereocenters. The number of hydrogen-bond donors (Lipinski definition) is 2. The highest BCUT2D eigenvalue weighted by Gasteiger charge is 2.49. The summed E-state index contributed by atoms with van der Waals surface area (Å²) < 4.78 is 9.23. The van der Waals surface area contributed by atoms with Crippen LogP contribution in [0.5, 0.6) is 0 Å². The van der Waals surface area contributed by atoms with Crippen LogP contribution >= 0.6 is 0 Å². The Balaban J connectivity index is 0.000000597. The Morgan fingerprint density at radius 1 is 1.27 bits per heavy atom. The minimum atomic E-state index is -1.57. The zero-order valence-electron chi connectivity index (χ0n) is 15.2. The Hall–Kier alpha value is -2.39. The van der Waals surface area contributed by atoms with E-state index in [1.165, 1.54) is 17.0 Å². The molecule has 2 N–H and O–H groups in total. The van der Waals surface area contributed by atoms with Gasteiger partial charge in [0.2, 0.25) is 5.91 Å². The number of nitrogens with zero attached hydrogens (tertiary/aromatic N) is 1. The number of carbonyl (C=O) groups is 3. The maximum atomic E-state index is 12.2. The van der Waals surface area contributed by atoms with E-state index in [4.69, 9.17) is 14.8 Å². The number of benzene rings is 1. The summed E-state index contributed by atoms with van der Waals surface area (Å²) in [4.78, 5) is 34.9. The average Bonchev–Trinajstić information content (AvgIpc) is 2.92. The van der Waals surface area contributed by atoms with Crippen molar-refractivity contribution in [3.63, 3.8) is 0 Å². The van der Waals surface area contributed by atoms with E-state index in [9.17, 15) is 14.4 Å². The summed E-state index contributed by atoms with van der Waals surface area (Å²) in [5.74, 6) is -0.579. The SMILES string of the molecule is CCOC(=O)C1(C)CCC(=O)N1c1ccc(B(O)O)cc1.CCOC=O. The predicted molar refractivity (Wildman–Crippen MR) is 95.7 cm³/mol. The van der Waals surface area contributed by atoms with Crippen LogP contribution in [0.15, 0.2) is 24.3 Å². The van der Waals surface area contributed by atoms with Crippen molar-refractivity contribution < 1.29 is 33.9 Å². The minimum Gasteiger partial charge on any atom is -0.468 e. The van der Waals surface area contributed by atoms with E-state index in [0.29, 0.717) is 30.7 Å². The van der Waals surface area contributed by atoms with Crippen LogP contribution in [0.2, 0.25) is 0 Å². The van der Waals surface area contributed by atoms with E-state index in [1.807, 2.05) is 0 Å². The summed E-state index contributed by atoms with van der Waals surface area (Å²) in [5, 5.41) is 18.2. The largest absolute Gasteiger partial charge is 0.488 e. The van der Waals surface area contributed by atoms with Crippen LogP contribution in [-0.4, -0.2) is 54.3 Å². The van der Waals surface area contributed by atoms with Crippen LogP contribution < -0.4 is 10.4 Å². The first-order valence-corrected chi connectivity index (χ1v) is 8.33. The van der Waals surface area contributed by atoms with E-state index < -0.39 is 18.6 Å². The molecule has 1 saturated heterocycles. The summed E-state index contributed by atoms with van der Waals surface area (Å²) >= 11 is 0. The Morgan fingerprint density at radius 3 is 2.31 bits per heavy atom. The van der Waals surface area contributed by atoms with Crippen molar-refractivity contribution in [2.45, 2.75) is 39.2 Å². The molecule has 9 heteroatoms. The molecule has 1 heterocycles. The van der Waals surface area contributed by atoms with Gasteiger partial charge in [-0.2, -0.15) is 0 Å². The highest BCUT2D eigenvalue weighted by molar-refractivity contribution is 6.58. The van der Waals surface area contributed by atoms with Crippen molar-refractivity contribution >= 4 is 36.6 Å². The summed E-state index contributed by atoms with van der Waals surface area (Å²) in [6.45, 7) is 6.33. The van der Waals surface area contributed by atoms with Crippen LogP contribution in [-0.2, 0) is 23.9 Å². The van der Waals surface area contributed by atoms with Gasteiger partial charge in [-0.3, -0.25) is 14.5 Å². The highest BCUT2D eigenvalue weighted by atomic mass is 16.5. The molecule has 0 radical (unpaired) electrons. The monoisotopic (exact) mass is 365 g/mol. The Kier molecular flexibility index (Phi) is 8.27. The van der Waals surface area contributed by atoms with Crippen molar-refractivity contribution in [1.82, 2.24) is 0 Å². The second-order valence-electron chi connectivity index (χ2n) is 5.74. The second-order valence-corrected chi connectivity index (χ2v) is 5.74. The lowest BCUT2D eigenvalue weighted by Crippen LogP contribution is -2.51. The molecule has 0 aliphatic carbocycles. The Labute approximate surface area is 152 Å². The van der Waals surface area contributed by atoms with Crippen LogP contribution in [0.4, 0.5) is 5.69 Å². The first-order valence-electron chi connectivity index (χ1n) is 8.33. The van der Waals surface area contributed by atoms with Gasteiger partial charge in [-0.15, -0.1) is 0 Å². The molecule has 1 unspecified atom stereocenters. The first-order chi connectivity index (χ1) is 12.3. The first kappa shape index (κ1) is 21.7. The van der Waals surface area contributed by atoms with E-state index in [1.54, 1.807) is 32.9 Å². The lowest BCUT2D eigenvalue weighted by molar-refractivity contribution is -0.149. The summed E-state index contributed by atoms with van der Waals surface area (Å²) in [5.41, 5.74) is -0.160. The zero-order chi connectivity index (χ0) is 19.7. The molecule has 1 aliphatic heterocycles. The number of anilines is 1. The molecule has 0 aromatic heterocycles. The van der Waals surface area contributed by atoms with Gasteiger partial charge in [0.25, 0.3) is 6.47 Å². The van der Waals surface area contributed by atoms with Crippen molar-refractivity contribution in [3.8, 4) is 0 Å². The quantitative estimate of drug-likeness (QED) is 0.414. The molecule has 1 fully saturated rings. The van der Waals surface area contributed by atoms with Crippen molar-refractivity contribution in [2.75, 3.05) is 18.1 Å². The van der Waals surface area contributed by atoms with Gasteiger partial charge in [0, 0.05) is 12.1 Å². The smallest absolute Gasteiger partial charge is 0.468 e. The fourth-order valence-electron chi connectivity index (χ4n) is 2.62. The minimum absolute atomic E-state index is 0.150. The molecule has 0 saturated carbocycles. The molecule has 26 heavy (non-hydrogen) atoms. The van der Waals surface area contributed by atoms with Gasteiger partial charge < -0.3 is 19.5 Å². The second kappa shape index (κ2) is 9.93. The van der Waals surface area contributed by atoms with E-state index in [-0.39, 0.29) is 18.9 Å². The third-order valence-corrected chi connectivity index (χ3v) is 3.97. The van der Waals surface area contributed by atoms with E-state index >= 15 is 0 Å². The molecule has 1 amide bonds. The van der Waals surface area contributed by atoms with Crippen molar-refractivity contribution in [2.24, 2.45) is 0 Å². The molecule has 1 aromatic carbocycles. The number of rotatable bonds is 6. The molecule has 8 nitrogen and oxygen atoms in total. The number of hydrogen-bond acceptors (Lipinski definition) is 7. The van der Waals surface area contributed by atoms with E-state index in [0.717, 1.165) is 0 Å². The van der Waals surface area contributed by atoms with Crippen LogP contribution in [0.25, 0.3) is 0 Å². The fraction of sp³-hybridized carbons (Fsp3) is 0.471. The van der Waals surface area contributed by atoms with E-state index in [2.05, 4.69) is 4.74 Å². The summed E-state index contributed by atoms with van der Waals surface area (Å²) in [6.07, 6.45) is 0.675. The lowest BCUT2D eigenvalue weighted by Gasteiger charge is -2.33. The molecule has 0 bridgehead atoms. The maximum Gasteiger partial charge on any atom is 0.488 e. The third kappa shape index (κ3) is 5.06. The Morgan fingerprint density at radius 2 is 1.88 bits per heavy atom. The van der Waals surface area contributed by atoms with Crippen LogP contribution in [0.3, 0.4) is 0 Å². The van der Waals surface area contributed by atoms with Crippen molar-refractivity contribution in [3.05, 3.63) is 24.3 Å². The predicted octanol–water partition coefficient (Wildman–Crippen LogP) is -0.00570. The van der Waals surface area contributed by atoms with Gasteiger partial charge in [0.05, 0.1) is 13.2 Å². The van der Waals surface area contributed by atoms with Gasteiger partial charge in [0.15, 0.2) is 0 Å². The summed E-state index contributed by atoms with van der Waals surface area (Å²) in [6, 6.07) is 6.21. The maximum absolute atomic E-state index is 12.2. The van der Waals surface area contributed by atoms with Gasteiger partial charge >= 0.3 is 13.1 Å². The lowest BCUT2D eigenvalue weighted by atomic mass is 9.80. The normalized spacial score (nSPS) is 18.7. The van der Waals surface area contributed by atoms with Gasteiger partial charge in [-0.25, -0.2) is 4.79 Å². The number of carbonyl (C=O) groups excluding carboxylic acids is 3. The van der Waals surface area contributed by atoms with Crippen LogP contribution in [0, 0.1) is 0 Å². The molecule has 2 rings (SSSR count). The molecule has 1 aliphatic rings. The topological polar surface area (TPSA) is 113 Å². The molecular formula is C17H24BNO7. The zero-order valence-corrected chi connectivity index (χ0v) is 15.2. The highest BCUT2D eigenvalue weighted by Crippen LogP contribution is 2.35. The number of amides is 1. The summed E-state index contributed by atoms with van der Waals surface area (Å²) in [7, 11) is -1.57. The third-order valence-electron chi connectivity index (χ3n) is 3.97. The molecule has 142 valence electrons. The average molecular weight is 365 g/mol. The standard InChI is InChI=1S/C14H18BNO5.C3H6O2/c1-3-21-13(18)14(2)9-8-12(17)16(14)11-6-4-10(5-7-11)15(19)20;1-2-5-3-4/h4-7,19-20H,3,8-9H2,1-2H3;3H,2H2,1H3. The molecular weight excluding hydrogens is 341 g/mol. The van der Waals surface area contributed by atoms with Gasteiger partial charge in [0.1, 0.15) is 5.54 Å². The van der Waals surface area contributed by atoms with Crippen LogP contribution in [0.1, 0.15) is 33.6 Å². The van der Waals surface area contributed by atoms with Gasteiger partial charge in [-0.1, -0.05) is 12.1 Å². The Bertz CT molecular complexity index is 620. The van der Waals surface area contributed by atoms with Crippen molar-refractivity contribution in [1.29, 1.82) is 0 Å². The number of ether oxygens (including phenoxy) is 2. The van der Waals surface area contributed by atoms with Gasteiger partial charge in [-0.05, 0) is 44.8 Å². The molecule has 0 spiro atoms. The fourth-order valence-corrected chi connectivity index (χ4v) is 2.62. The molecule has 1 aromatic rings.